The standard InChI is InChI=1S/C20H20N2O5/c1-24-18-11-15(12-21)3-5-16(18)27-13-20(23)22-7-6-14-2-4-17-19(10-14)26-9-8-25-17/h2-5,10-11H,6-9,13H2,1H3,(H,22,23). The minimum Gasteiger partial charge on any atom is -0.493 e. The lowest BCUT2D eigenvalue weighted by Gasteiger charge is -2.18. The largest absolute Gasteiger partial charge is 0.493 e. The summed E-state index contributed by atoms with van der Waals surface area (Å²) in [4.78, 5) is 12.0. The van der Waals surface area contributed by atoms with E-state index < -0.39 is 0 Å². The van der Waals surface area contributed by atoms with E-state index in [1.807, 2.05) is 24.3 Å². The summed E-state index contributed by atoms with van der Waals surface area (Å²) in [6, 6.07) is 12.6. The molecule has 3 rings (SSSR count). The van der Waals surface area contributed by atoms with E-state index >= 15 is 0 Å². The molecule has 0 fully saturated rings. The number of fused-ring (bicyclic) bond motifs is 1. The van der Waals surface area contributed by atoms with Crippen molar-refractivity contribution < 1.29 is 23.7 Å². The minimum atomic E-state index is -0.237. The van der Waals surface area contributed by atoms with Crippen LogP contribution in [-0.4, -0.2) is 39.4 Å². The van der Waals surface area contributed by atoms with Crippen LogP contribution in [0.25, 0.3) is 0 Å². The van der Waals surface area contributed by atoms with Gasteiger partial charge in [-0.3, -0.25) is 4.79 Å². The molecular weight excluding hydrogens is 348 g/mol. The van der Waals surface area contributed by atoms with Crippen LogP contribution in [0.15, 0.2) is 36.4 Å². The van der Waals surface area contributed by atoms with Crippen molar-refractivity contribution in [2.24, 2.45) is 0 Å². The Labute approximate surface area is 157 Å². The quantitative estimate of drug-likeness (QED) is 0.805. The molecule has 0 spiro atoms. The van der Waals surface area contributed by atoms with E-state index in [1.165, 1.54) is 7.11 Å². The number of benzene rings is 2. The van der Waals surface area contributed by atoms with Gasteiger partial charge in [0.05, 0.1) is 18.7 Å². The summed E-state index contributed by atoms with van der Waals surface area (Å²) in [5.41, 5.74) is 1.51. The van der Waals surface area contributed by atoms with E-state index in [-0.39, 0.29) is 12.5 Å². The lowest BCUT2D eigenvalue weighted by molar-refractivity contribution is -0.123. The number of nitrogens with one attached hydrogen (secondary N) is 1. The second kappa shape index (κ2) is 8.81. The van der Waals surface area contributed by atoms with Crippen LogP contribution in [0, 0.1) is 11.3 Å². The molecule has 2 aromatic rings. The first-order valence-corrected chi connectivity index (χ1v) is 8.56. The Morgan fingerprint density at radius 2 is 1.96 bits per heavy atom. The second-order valence-corrected chi connectivity index (χ2v) is 5.84. The molecule has 1 amide bonds. The average Bonchev–Trinajstić information content (AvgIpc) is 2.72. The number of ether oxygens (including phenoxy) is 4. The summed E-state index contributed by atoms with van der Waals surface area (Å²) in [6.45, 7) is 1.45. The van der Waals surface area contributed by atoms with E-state index in [0.717, 1.165) is 17.1 Å². The van der Waals surface area contributed by atoms with E-state index in [4.69, 9.17) is 24.2 Å². The van der Waals surface area contributed by atoms with Crippen molar-refractivity contribution in [3.63, 3.8) is 0 Å². The van der Waals surface area contributed by atoms with Crippen LogP contribution < -0.4 is 24.3 Å². The van der Waals surface area contributed by atoms with E-state index in [1.54, 1.807) is 18.2 Å². The zero-order valence-electron chi connectivity index (χ0n) is 15.0. The first kappa shape index (κ1) is 18.4. The molecule has 0 saturated carbocycles. The molecule has 1 heterocycles. The van der Waals surface area contributed by atoms with Crippen molar-refractivity contribution in [2.45, 2.75) is 6.42 Å². The summed E-state index contributed by atoms with van der Waals surface area (Å²) < 4.78 is 21.7. The number of methoxy groups -OCH3 is 1. The van der Waals surface area contributed by atoms with Crippen LogP contribution in [0.4, 0.5) is 0 Å². The van der Waals surface area contributed by atoms with Crippen molar-refractivity contribution in [1.29, 1.82) is 5.26 Å². The molecule has 7 nitrogen and oxygen atoms in total. The molecular formula is C20H20N2O5. The van der Waals surface area contributed by atoms with Crippen LogP contribution >= 0.6 is 0 Å². The number of carbonyl (C=O) groups excluding carboxylic acids is 1. The third kappa shape index (κ3) is 4.82. The molecule has 0 aromatic heterocycles. The molecule has 1 N–H and O–H groups in total. The van der Waals surface area contributed by atoms with Crippen molar-refractivity contribution in [3.05, 3.63) is 47.5 Å². The summed E-state index contributed by atoms with van der Waals surface area (Å²) in [5.74, 6) is 2.08. The van der Waals surface area contributed by atoms with Gasteiger partial charge in [-0.15, -0.1) is 0 Å². The Morgan fingerprint density at radius 1 is 1.15 bits per heavy atom. The average molecular weight is 368 g/mol. The molecule has 0 bridgehead atoms. The van der Waals surface area contributed by atoms with Gasteiger partial charge in [-0.2, -0.15) is 5.26 Å². The van der Waals surface area contributed by atoms with Crippen LogP contribution in [0.5, 0.6) is 23.0 Å². The molecule has 1 aliphatic rings. The van der Waals surface area contributed by atoms with E-state index in [2.05, 4.69) is 5.32 Å². The Morgan fingerprint density at radius 3 is 2.74 bits per heavy atom. The van der Waals surface area contributed by atoms with Gasteiger partial charge in [0, 0.05) is 12.6 Å². The number of nitrogens with zero attached hydrogens (tertiary/aromatic N) is 1. The Kier molecular flexibility index (Phi) is 6.00. The summed E-state index contributed by atoms with van der Waals surface area (Å²) >= 11 is 0. The highest BCUT2D eigenvalue weighted by Gasteiger charge is 2.12. The Balaban J connectivity index is 1.46. The predicted molar refractivity (Wildman–Crippen MR) is 97.3 cm³/mol. The highest BCUT2D eigenvalue weighted by Crippen LogP contribution is 2.31. The zero-order valence-corrected chi connectivity index (χ0v) is 15.0. The van der Waals surface area contributed by atoms with Gasteiger partial charge in [0.1, 0.15) is 13.2 Å². The SMILES string of the molecule is COc1cc(C#N)ccc1OCC(=O)NCCc1ccc2c(c1)OCCO2. The number of carbonyl (C=O) groups is 1. The van der Waals surface area contributed by atoms with Crippen molar-refractivity contribution in [1.82, 2.24) is 5.32 Å². The number of hydrogen-bond donors (Lipinski definition) is 1. The third-order valence-electron chi connectivity index (χ3n) is 3.99. The first-order chi connectivity index (χ1) is 13.2. The lowest BCUT2D eigenvalue weighted by Crippen LogP contribution is -2.30. The van der Waals surface area contributed by atoms with Crippen molar-refractivity contribution in [2.75, 3.05) is 33.5 Å². The maximum absolute atomic E-state index is 12.0. The molecule has 7 heteroatoms. The van der Waals surface area contributed by atoms with Crippen LogP contribution in [-0.2, 0) is 11.2 Å². The number of hydrogen-bond acceptors (Lipinski definition) is 6. The fraction of sp³-hybridized carbons (Fsp3) is 0.300. The summed E-state index contributed by atoms with van der Waals surface area (Å²) in [7, 11) is 1.48. The molecule has 1 aliphatic heterocycles. The van der Waals surface area contributed by atoms with Gasteiger partial charge < -0.3 is 24.3 Å². The third-order valence-corrected chi connectivity index (χ3v) is 3.99. The zero-order chi connectivity index (χ0) is 19.1. The van der Waals surface area contributed by atoms with Gasteiger partial charge in [-0.25, -0.2) is 0 Å². The molecule has 2 aromatic carbocycles. The molecule has 0 aliphatic carbocycles. The molecule has 0 radical (unpaired) electrons. The highest BCUT2D eigenvalue weighted by molar-refractivity contribution is 5.77. The Hall–Kier alpha value is -3.40. The maximum Gasteiger partial charge on any atom is 0.257 e. The fourth-order valence-electron chi connectivity index (χ4n) is 2.64. The van der Waals surface area contributed by atoms with Gasteiger partial charge in [-0.1, -0.05) is 6.07 Å². The second-order valence-electron chi connectivity index (χ2n) is 5.84. The van der Waals surface area contributed by atoms with E-state index in [9.17, 15) is 4.79 Å². The van der Waals surface area contributed by atoms with Crippen LogP contribution in [0.1, 0.15) is 11.1 Å². The summed E-state index contributed by atoms with van der Waals surface area (Å²) in [5, 5.41) is 11.7. The van der Waals surface area contributed by atoms with Gasteiger partial charge in [0.15, 0.2) is 29.6 Å². The van der Waals surface area contributed by atoms with Gasteiger partial charge in [0.25, 0.3) is 5.91 Å². The number of nitriles is 1. The first-order valence-electron chi connectivity index (χ1n) is 8.56. The minimum absolute atomic E-state index is 0.136. The monoisotopic (exact) mass is 368 g/mol. The Bertz CT molecular complexity index is 860. The predicted octanol–water partition coefficient (Wildman–Crippen LogP) is 2.08. The normalized spacial score (nSPS) is 12.0. The van der Waals surface area contributed by atoms with Gasteiger partial charge in [-0.05, 0) is 36.2 Å². The van der Waals surface area contributed by atoms with Crippen molar-refractivity contribution in [3.8, 4) is 29.1 Å². The highest BCUT2D eigenvalue weighted by atomic mass is 16.6. The molecule has 0 unspecified atom stereocenters. The molecule has 0 saturated heterocycles. The number of rotatable bonds is 7. The smallest absolute Gasteiger partial charge is 0.257 e. The molecule has 140 valence electrons. The van der Waals surface area contributed by atoms with Crippen molar-refractivity contribution >= 4 is 5.91 Å². The summed E-state index contributed by atoms with van der Waals surface area (Å²) in [6.07, 6.45) is 0.669. The van der Waals surface area contributed by atoms with Crippen LogP contribution in [0.2, 0.25) is 0 Å². The van der Waals surface area contributed by atoms with Crippen LogP contribution in [0.3, 0.4) is 0 Å². The van der Waals surface area contributed by atoms with Gasteiger partial charge in [0.2, 0.25) is 0 Å². The molecule has 0 atom stereocenters. The number of amides is 1. The molecule has 27 heavy (non-hydrogen) atoms. The van der Waals surface area contributed by atoms with Gasteiger partial charge >= 0.3 is 0 Å². The van der Waals surface area contributed by atoms with E-state index in [0.29, 0.717) is 43.2 Å². The lowest BCUT2D eigenvalue weighted by atomic mass is 10.1. The maximum atomic E-state index is 12.0. The topological polar surface area (TPSA) is 89.8 Å². The fourth-order valence-corrected chi connectivity index (χ4v) is 2.64.